The average Bonchev–Trinajstić information content (AvgIpc) is 2.74. The van der Waals surface area contributed by atoms with Crippen molar-refractivity contribution in [2.45, 2.75) is 13.1 Å². The summed E-state index contributed by atoms with van der Waals surface area (Å²) in [6.07, 6.45) is -4.65. The predicted octanol–water partition coefficient (Wildman–Crippen LogP) is 3.93. The molecule has 0 aliphatic heterocycles. The van der Waals surface area contributed by atoms with Crippen LogP contribution in [0.25, 0.3) is 0 Å². The number of H-pyrrole nitrogens is 1. The van der Waals surface area contributed by atoms with E-state index < -0.39 is 17.5 Å². The van der Waals surface area contributed by atoms with Gasteiger partial charge in [0, 0.05) is 11.8 Å². The van der Waals surface area contributed by atoms with Gasteiger partial charge in [-0.15, -0.1) is 10.0 Å². The summed E-state index contributed by atoms with van der Waals surface area (Å²) in [6, 6.07) is 4.24. The summed E-state index contributed by atoms with van der Waals surface area (Å²) < 4.78 is 43.5. The van der Waals surface area contributed by atoms with E-state index >= 15 is 0 Å². The molecule has 19 heavy (non-hydrogen) atoms. The van der Waals surface area contributed by atoms with E-state index in [-0.39, 0.29) is 11.6 Å². The summed E-state index contributed by atoms with van der Waals surface area (Å²) in [5.41, 5.74) is -0.752. The molecular formula is C11H8F3N3O2. The van der Waals surface area contributed by atoms with E-state index in [1.54, 1.807) is 6.92 Å². The first kappa shape index (κ1) is 13.1. The zero-order valence-electron chi connectivity index (χ0n) is 9.65. The number of halogens is 3. The lowest BCUT2D eigenvalue weighted by atomic mass is 10.1. The van der Waals surface area contributed by atoms with E-state index in [2.05, 4.69) is 15.4 Å². The molecule has 0 atom stereocenters. The van der Waals surface area contributed by atoms with E-state index in [4.69, 9.17) is 4.74 Å². The van der Waals surface area contributed by atoms with E-state index in [1.165, 1.54) is 6.07 Å². The largest absolute Gasteiger partial charge is 0.437 e. The summed E-state index contributed by atoms with van der Waals surface area (Å²) >= 11 is 0. The maximum atomic E-state index is 12.8. The van der Waals surface area contributed by atoms with Crippen LogP contribution >= 0.6 is 0 Å². The van der Waals surface area contributed by atoms with Gasteiger partial charge in [0.15, 0.2) is 0 Å². The Morgan fingerprint density at radius 2 is 2.05 bits per heavy atom. The molecule has 0 radical (unpaired) electrons. The zero-order chi connectivity index (χ0) is 14.0. The van der Waals surface area contributed by atoms with Gasteiger partial charge in [0.1, 0.15) is 17.0 Å². The first-order valence-electron chi connectivity index (χ1n) is 5.14. The maximum absolute atomic E-state index is 12.8. The molecule has 1 heterocycles. The van der Waals surface area contributed by atoms with Crippen LogP contribution in [-0.2, 0) is 6.18 Å². The lowest BCUT2D eigenvalue weighted by Crippen LogP contribution is -2.07. The van der Waals surface area contributed by atoms with Crippen LogP contribution in [0.1, 0.15) is 11.3 Å². The van der Waals surface area contributed by atoms with E-state index in [0.29, 0.717) is 11.8 Å². The fourth-order valence-corrected chi connectivity index (χ4v) is 1.44. The number of nitrogens with one attached hydrogen (secondary N) is 1. The van der Waals surface area contributed by atoms with Crippen LogP contribution in [0.5, 0.6) is 11.6 Å². The molecule has 0 saturated carbocycles. The third-order valence-electron chi connectivity index (χ3n) is 2.27. The van der Waals surface area contributed by atoms with Gasteiger partial charge in [-0.1, -0.05) is 0 Å². The molecule has 100 valence electrons. The highest BCUT2D eigenvalue weighted by Gasteiger charge is 2.35. The van der Waals surface area contributed by atoms with Crippen LogP contribution in [0.2, 0.25) is 0 Å². The summed E-state index contributed by atoms with van der Waals surface area (Å²) in [6.45, 7) is 1.68. The van der Waals surface area contributed by atoms with E-state index in [9.17, 15) is 18.1 Å². The van der Waals surface area contributed by atoms with Crippen LogP contribution in [0, 0.1) is 11.8 Å². The second-order valence-corrected chi connectivity index (χ2v) is 3.76. The number of hydrogen-bond donors (Lipinski definition) is 1. The van der Waals surface area contributed by atoms with Gasteiger partial charge < -0.3 is 4.74 Å². The van der Waals surface area contributed by atoms with Crippen molar-refractivity contribution in [1.29, 1.82) is 0 Å². The molecule has 5 nitrogen and oxygen atoms in total. The molecule has 1 N–H and O–H groups in total. The molecule has 0 fully saturated rings. The van der Waals surface area contributed by atoms with Crippen LogP contribution in [-0.4, -0.2) is 10.2 Å². The molecule has 1 aromatic carbocycles. The molecule has 0 amide bonds. The number of nitrogens with zero attached hydrogens (tertiary/aromatic N) is 2. The van der Waals surface area contributed by atoms with Gasteiger partial charge in [-0.05, 0) is 30.3 Å². The topological polar surface area (TPSA) is 67.3 Å². The van der Waals surface area contributed by atoms with Crippen molar-refractivity contribution < 1.29 is 17.9 Å². The summed E-state index contributed by atoms with van der Waals surface area (Å²) in [7, 11) is 0. The smallest absolute Gasteiger partial charge is 0.420 e. The highest BCUT2D eigenvalue weighted by molar-refractivity contribution is 5.49. The Hall–Kier alpha value is -2.38. The molecule has 0 unspecified atom stereocenters. The third-order valence-corrected chi connectivity index (χ3v) is 2.27. The molecule has 0 aliphatic carbocycles. The van der Waals surface area contributed by atoms with Gasteiger partial charge in [0.2, 0.25) is 5.88 Å². The minimum atomic E-state index is -4.65. The number of alkyl halides is 3. The monoisotopic (exact) mass is 271 g/mol. The molecule has 8 heteroatoms. The molecule has 0 saturated heterocycles. The SMILES string of the molecule is Cc1cc(Oc2ccc(N=O)cc2C(F)(F)F)n[nH]1. The number of nitroso groups, excluding NO2 is 1. The molecule has 0 aliphatic rings. The Morgan fingerprint density at radius 3 is 2.58 bits per heavy atom. The normalized spacial score (nSPS) is 11.4. The molecule has 2 rings (SSSR count). The van der Waals surface area contributed by atoms with Crippen molar-refractivity contribution in [3.8, 4) is 11.6 Å². The number of benzene rings is 1. The van der Waals surface area contributed by atoms with Gasteiger partial charge in [-0.25, -0.2) is 0 Å². The van der Waals surface area contributed by atoms with Crippen molar-refractivity contribution in [2.24, 2.45) is 5.18 Å². The number of ether oxygens (including phenoxy) is 1. The maximum Gasteiger partial charge on any atom is 0.420 e. The first-order chi connectivity index (χ1) is 8.90. The Kier molecular flexibility index (Phi) is 3.24. The van der Waals surface area contributed by atoms with Crippen LogP contribution in [0.4, 0.5) is 18.9 Å². The van der Waals surface area contributed by atoms with Gasteiger partial charge in [0.25, 0.3) is 0 Å². The highest BCUT2D eigenvalue weighted by atomic mass is 19.4. The second-order valence-electron chi connectivity index (χ2n) is 3.76. The molecule has 1 aromatic heterocycles. The first-order valence-corrected chi connectivity index (χ1v) is 5.14. The van der Waals surface area contributed by atoms with Crippen LogP contribution < -0.4 is 4.74 Å². The quantitative estimate of drug-likeness (QED) is 0.860. The fraction of sp³-hybridized carbons (Fsp3) is 0.182. The van der Waals surface area contributed by atoms with Crippen molar-refractivity contribution in [3.05, 3.63) is 40.4 Å². The minimum absolute atomic E-state index is 0.00909. The minimum Gasteiger partial charge on any atom is -0.437 e. The van der Waals surface area contributed by atoms with Crippen molar-refractivity contribution in [1.82, 2.24) is 10.2 Å². The van der Waals surface area contributed by atoms with Crippen LogP contribution in [0.3, 0.4) is 0 Å². The van der Waals surface area contributed by atoms with Crippen LogP contribution in [0.15, 0.2) is 29.4 Å². The summed E-state index contributed by atoms with van der Waals surface area (Å²) in [5.74, 6) is -0.429. The summed E-state index contributed by atoms with van der Waals surface area (Å²) in [5, 5.41) is 8.69. The standard InChI is InChI=1S/C11H8F3N3O2/c1-6-4-10(16-15-6)19-9-3-2-7(17-18)5-8(9)11(12,13)14/h2-5H,1H3,(H,15,16). The third kappa shape index (κ3) is 2.90. The predicted molar refractivity (Wildman–Crippen MR) is 60.3 cm³/mol. The molecule has 0 bridgehead atoms. The van der Waals surface area contributed by atoms with Gasteiger partial charge in [-0.3, -0.25) is 5.10 Å². The van der Waals surface area contributed by atoms with Gasteiger partial charge in [-0.2, -0.15) is 13.2 Å². The highest BCUT2D eigenvalue weighted by Crippen LogP contribution is 2.39. The lowest BCUT2D eigenvalue weighted by molar-refractivity contribution is -0.138. The van der Waals surface area contributed by atoms with E-state index in [0.717, 1.165) is 12.1 Å². The summed E-state index contributed by atoms with van der Waals surface area (Å²) in [4.78, 5) is 10.3. The average molecular weight is 271 g/mol. The van der Waals surface area contributed by atoms with Crippen molar-refractivity contribution in [3.63, 3.8) is 0 Å². The molecule has 2 aromatic rings. The number of aromatic nitrogens is 2. The second kappa shape index (κ2) is 4.71. The number of aromatic amines is 1. The Balaban J connectivity index is 2.41. The lowest BCUT2D eigenvalue weighted by Gasteiger charge is -2.12. The number of rotatable bonds is 3. The fourth-order valence-electron chi connectivity index (χ4n) is 1.44. The Labute approximate surface area is 105 Å². The van der Waals surface area contributed by atoms with Crippen molar-refractivity contribution >= 4 is 5.69 Å². The number of hydrogen-bond acceptors (Lipinski definition) is 4. The molecular weight excluding hydrogens is 263 g/mol. The molecule has 0 spiro atoms. The van der Waals surface area contributed by atoms with Gasteiger partial charge >= 0.3 is 6.18 Å². The Bertz CT molecular complexity index is 607. The van der Waals surface area contributed by atoms with E-state index in [1.807, 2.05) is 0 Å². The Morgan fingerprint density at radius 1 is 1.32 bits per heavy atom. The van der Waals surface area contributed by atoms with Crippen molar-refractivity contribution in [2.75, 3.05) is 0 Å². The van der Waals surface area contributed by atoms with Gasteiger partial charge in [0.05, 0.1) is 0 Å². The number of aryl methyl sites for hydroxylation is 1. The zero-order valence-corrected chi connectivity index (χ0v) is 9.65.